The van der Waals surface area contributed by atoms with Crippen LogP contribution in [0.5, 0.6) is 0 Å². The Labute approximate surface area is 172 Å². The number of aromatic nitrogens is 1. The molecule has 2 atom stereocenters. The summed E-state index contributed by atoms with van der Waals surface area (Å²) in [4.78, 5) is 31.3. The van der Waals surface area contributed by atoms with Crippen LogP contribution in [-0.2, 0) is 11.2 Å². The molecule has 154 valence electrons. The lowest BCUT2D eigenvalue weighted by molar-refractivity contribution is -0.161. The Bertz CT molecular complexity index is 1110. The molecule has 0 saturated carbocycles. The van der Waals surface area contributed by atoms with Crippen LogP contribution in [0.25, 0.3) is 10.9 Å². The highest BCUT2D eigenvalue weighted by Gasteiger charge is 2.50. The number of carbonyl (C=O) groups is 2. The fourth-order valence-electron chi connectivity index (χ4n) is 4.18. The van der Waals surface area contributed by atoms with Crippen LogP contribution in [0.15, 0.2) is 60.8 Å². The average Bonchev–Trinajstić information content (AvgIpc) is 2.74. The van der Waals surface area contributed by atoms with Gasteiger partial charge in [0.15, 0.2) is 0 Å². The van der Waals surface area contributed by atoms with Crippen LogP contribution < -0.4 is 0 Å². The third kappa shape index (κ3) is 3.52. The van der Waals surface area contributed by atoms with Crippen molar-refractivity contribution in [3.8, 4) is 0 Å². The van der Waals surface area contributed by atoms with Gasteiger partial charge in [-0.1, -0.05) is 30.3 Å². The van der Waals surface area contributed by atoms with E-state index in [4.69, 9.17) is 0 Å². The van der Waals surface area contributed by atoms with E-state index >= 15 is 0 Å². The molecule has 0 radical (unpaired) electrons. The highest BCUT2D eigenvalue weighted by Crippen LogP contribution is 2.36. The largest absolute Gasteiger partial charge is 0.481 e. The summed E-state index contributed by atoms with van der Waals surface area (Å²) in [5, 5.41) is 21.4. The van der Waals surface area contributed by atoms with Gasteiger partial charge in [0.25, 0.3) is 5.91 Å². The van der Waals surface area contributed by atoms with E-state index in [1.165, 1.54) is 23.1 Å². The van der Waals surface area contributed by atoms with Crippen molar-refractivity contribution >= 4 is 22.8 Å². The number of hydrogen-bond acceptors (Lipinski definition) is 4. The summed E-state index contributed by atoms with van der Waals surface area (Å²) in [6.07, 6.45) is 0.431. The second-order valence-corrected chi connectivity index (χ2v) is 7.67. The second-order valence-electron chi connectivity index (χ2n) is 7.67. The number of benzene rings is 2. The van der Waals surface area contributed by atoms with Crippen molar-refractivity contribution in [3.05, 3.63) is 77.7 Å². The molecule has 7 heteroatoms. The zero-order valence-corrected chi connectivity index (χ0v) is 16.2. The summed E-state index contributed by atoms with van der Waals surface area (Å²) >= 11 is 0. The molecule has 1 fully saturated rings. The van der Waals surface area contributed by atoms with Crippen molar-refractivity contribution in [1.82, 2.24) is 9.88 Å². The number of hydrogen-bond donors (Lipinski definition) is 2. The van der Waals surface area contributed by atoms with Gasteiger partial charge in [-0.25, -0.2) is 4.39 Å². The Morgan fingerprint density at radius 3 is 2.73 bits per heavy atom. The molecule has 2 aromatic carbocycles. The lowest BCUT2D eigenvalue weighted by Gasteiger charge is -2.43. The Morgan fingerprint density at radius 2 is 1.97 bits per heavy atom. The lowest BCUT2D eigenvalue weighted by atomic mass is 9.72. The smallest absolute Gasteiger partial charge is 0.314 e. The number of amides is 1. The van der Waals surface area contributed by atoms with E-state index in [1.54, 1.807) is 30.5 Å². The van der Waals surface area contributed by atoms with Crippen LogP contribution in [0.3, 0.4) is 0 Å². The van der Waals surface area contributed by atoms with E-state index in [0.29, 0.717) is 22.0 Å². The Kier molecular flexibility index (Phi) is 5.22. The first-order valence-electron chi connectivity index (χ1n) is 9.70. The molecule has 30 heavy (non-hydrogen) atoms. The highest BCUT2D eigenvalue weighted by molar-refractivity contribution is 6.06. The standard InChI is InChI=1S/C23H21FN2O4/c24-16-5-3-4-15(12-16)13-23(22(29)30)14-26(11-9-20(23)27)21(28)18-8-10-25-19-7-2-1-6-17(18)19/h1-8,10,12,20,27H,9,11,13-14H2,(H,29,30)/t20-,23-/m1/s1. The number of carbonyl (C=O) groups excluding carboxylic acids is 1. The average molecular weight is 408 g/mol. The molecule has 0 spiro atoms. The number of likely N-dealkylation sites (tertiary alicyclic amines) is 1. The number of carboxylic acids is 1. The van der Waals surface area contributed by atoms with Crippen molar-refractivity contribution in [2.24, 2.45) is 5.41 Å². The maximum Gasteiger partial charge on any atom is 0.314 e. The fourth-order valence-corrected chi connectivity index (χ4v) is 4.18. The molecule has 6 nitrogen and oxygen atoms in total. The minimum atomic E-state index is -1.62. The van der Waals surface area contributed by atoms with Gasteiger partial charge in [0, 0.05) is 24.7 Å². The Morgan fingerprint density at radius 1 is 1.17 bits per heavy atom. The van der Waals surface area contributed by atoms with Gasteiger partial charge in [-0.05, 0) is 42.7 Å². The zero-order valence-electron chi connectivity index (χ0n) is 16.2. The molecule has 0 bridgehead atoms. The summed E-state index contributed by atoms with van der Waals surface area (Å²) < 4.78 is 13.6. The second kappa shape index (κ2) is 7.84. The summed E-state index contributed by atoms with van der Waals surface area (Å²) in [5.41, 5.74) is -0.0586. The number of aliphatic carboxylic acids is 1. The number of aliphatic hydroxyl groups excluding tert-OH is 1. The summed E-state index contributed by atoms with van der Waals surface area (Å²) in [5.74, 6) is -2.00. The van der Waals surface area contributed by atoms with Gasteiger partial charge in [0.05, 0.1) is 17.2 Å². The van der Waals surface area contributed by atoms with Crippen LogP contribution in [0.1, 0.15) is 22.3 Å². The van der Waals surface area contributed by atoms with Gasteiger partial charge in [-0.3, -0.25) is 14.6 Å². The van der Waals surface area contributed by atoms with Crippen LogP contribution in [-0.4, -0.2) is 51.2 Å². The number of piperidine rings is 1. The number of halogens is 1. The van der Waals surface area contributed by atoms with Crippen molar-refractivity contribution in [2.45, 2.75) is 18.9 Å². The third-order valence-electron chi connectivity index (χ3n) is 5.78. The molecule has 1 amide bonds. The topological polar surface area (TPSA) is 90.7 Å². The predicted molar refractivity (Wildman–Crippen MR) is 108 cm³/mol. The third-order valence-corrected chi connectivity index (χ3v) is 5.78. The van der Waals surface area contributed by atoms with Crippen molar-refractivity contribution < 1.29 is 24.2 Å². The van der Waals surface area contributed by atoms with E-state index in [-0.39, 0.29) is 31.8 Å². The van der Waals surface area contributed by atoms with Crippen LogP contribution in [0.2, 0.25) is 0 Å². The molecule has 0 aliphatic carbocycles. The Hall–Kier alpha value is -3.32. The first kappa shape index (κ1) is 20.0. The normalized spacial score (nSPS) is 21.5. The minimum absolute atomic E-state index is 0.0812. The molecule has 1 aromatic heterocycles. The molecule has 1 saturated heterocycles. The maximum absolute atomic E-state index is 13.6. The molecular formula is C23H21FN2O4. The van der Waals surface area contributed by atoms with Gasteiger partial charge in [0.1, 0.15) is 11.2 Å². The minimum Gasteiger partial charge on any atom is -0.481 e. The number of aliphatic hydroxyl groups is 1. The van der Waals surface area contributed by atoms with Gasteiger partial charge in [0.2, 0.25) is 0 Å². The molecule has 3 aromatic rings. The van der Waals surface area contributed by atoms with E-state index in [2.05, 4.69) is 4.98 Å². The molecule has 1 aliphatic heterocycles. The zero-order chi connectivity index (χ0) is 21.3. The maximum atomic E-state index is 13.6. The first-order valence-corrected chi connectivity index (χ1v) is 9.70. The summed E-state index contributed by atoms with van der Waals surface area (Å²) in [6.45, 7) is 0.0598. The number of carboxylic acid groups (broad SMARTS) is 1. The van der Waals surface area contributed by atoms with Crippen molar-refractivity contribution in [2.75, 3.05) is 13.1 Å². The quantitative estimate of drug-likeness (QED) is 0.693. The van der Waals surface area contributed by atoms with Crippen molar-refractivity contribution in [3.63, 3.8) is 0 Å². The molecule has 1 aliphatic rings. The fraction of sp³-hybridized carbons (Fsp3) is 0.261. The van der Waals surface area contributed by atoms with Gasteiger partial charge in [-0.15, -0.1) is 0 Å². The molecule has 2 heterocycles. The van der Waals surface area contributed by atoms with Crippen LogP contribution in [0.4, 0.5) is 4.39 Å². The predicted octanol–water partition coefficient (Wildman–Crippen LogP) is 2.89. The number of fused-ring (bicyclic) bond motifs is 1. The van der Waals surface area contributed by atoms with Crippen LogP contribution in [0, 0.1) is 11.2 Å². The summed E-state index contributed by atoms with van der Waals surface area (Å²) in [7, 11) is 0. The Balaban J connectivity index is 1.68. The van der Waals surface area contributed by atoms with E-state index in [1.807, 2.05) is 12.1 Å². The summed E-state index contributed by atoms with van der Waals surface area (Å²) in [6, 6.07) is 14.5. The number of nitrogens with zero attached hydrogens (tertiary/aromatic N) is 2. The van der Waals surface area contributed by atoms with E-state index in [0.717, 1.165) is 0 Å². The lowest BCUT2D eigenvalue weighted by Crippen LogP contribution is -2.58. The van der Waals surface area contributed by atoms with Crippen LogP contribution >= 0.6 is 0 Å². The number of rotatable bonds is 4. The van der Waals surface area contributed by atoms with Gasteiger partial charge < -0.3 is 15.1 Å². The molecule has 4 rings (SSSR count). The van der Waals surface area contributed by atoms with Crippen molar-refractivity contribution in [1.29, 1.82) is 0 Å². The first-order chi connectivity index (χ1) is 14.4. The molecule has 2 N–H and O–H groups in total. The highest BCUT2D eigenvalue weighted by atomic mass is 19.1. The molecule has 0 unspecified atom stereocenters. The van der Waals surface area contributed by atoms with Gasteiger partial charge in [-0.2, -0.15) is 0 Å². The van der Waals surface area contributed by atoms with Gasteiger partial charge >= 0.3 is 5.97 Å². The van der Waals surface area contributed by atoms with E-state index < -0.39 is 23.3 Å². The van der Waals surface area contributed by atoms with E-state index in [9.17, 15) is 24.2 Å². The number of para-hydroxylation sites is 1. The SMILES string of the molecule is O=C(c1ccnc2ccccc12)N1CC[C@@H](O)[C@](Cc2cccc(F)c2)(C(=O)O)C1. The monoisotopic (exact) mass is 408 g/mol. The molecular weight excluding hydrogens is 387 g/mol. The number of pyridine rings is 1.